The number of hydrogen-bond donors (Lipinski definition) is 0. The van der Waals surface area contributed by atoms with Gasteiger partial charge in [0, 0.05) is 11.0 Å². The average Bonchev–Trinajstić information content (AvgIpc) is 2.83. The summed E-state index contributed by atoms with van der Waals surface area (Å²) in [7, 11) is 0. The van der Waals surface area contributed by atoms with Gasteiger partial charge in [0.2, 0.25) is 6.19 Å². The van der Waals surface area contributed by atoms with Crippen LogP contribution in [0.25, 0.3) is 0 Å². The van der Waals surface area contributed by atoms with E-state index in [9.17, 15) is 8.78 Å². The summed E-state index contributed by atoms with van der Waals surface area (Å²) < 4.78 is 27.2. The molecule has 0 radical (unpaired) electrons. The van der Waals surface area contributed by atoms with E-state index in [1.165, 1.54) is 17.7 Å². The number of hydrogen-bond acceptors (Lipinski definition) is 2. The predicted molar refractivity (Wildman–Crippen MR) is 87.8 cm³/mol. The molecular formula is C20H16F2N2. The van der Waals surface area contributed by atoms with Crippen LogP contribution >= 0.6 is 0 Å². The first-order valence-electron chi connectivity index (χ1n) is 8.06. The lowest BCUT2D eigenvalue weighted by molar-refractivity contribution is 0.369. The lowest BCUT2D eigenvalue weighted by atomic mass is 9.68. The number of aryl methyl sites for hydroxylation is 2. The normalized spacial score (nSPS) is 23.2. The summed E-state index contributed by atoms with van der Waals surface area (Å²) in [6, 6.07) is 8.84. The van der Waals surface area contributed by atoms with Crippen molar-refractivity contribution in [3.8, 4) is 6.19 Å². The van der Waals surface area contributed by atoms with Gasteiger partial charge in [-0.05, 0) is 67.5 Å². The Kier molecular flexibility index (Phi) is 3.28. The molecule has 0 saturated heterocycles. The fourth-order valence-corrected chi connectivity index (χ4v) is 4.23. The predicted octanol–water partition coefficient (Wildman–Crippen LogP) is 4.27. The summed E-state index contributed by atoms with van der Waals surface area (Å²) in [6.45, 7) is 2.02. The van der Waals surface area contributed by atoms with Crippen LogP contribution in [0.1, 0.15) is 34.2 Å². The molecule has 2 aliphatic rings. The molecule has 2 nitrogen and oxygen atoms in total. The van der Waals surface area contributed by atoms with Crippen LogP contribution < -0.4 is 0 Å². The van der Waals surface area contributed by atoms with E-state index in [0.717, 1.165) is 40.8 Å². The van der Waals surface area contributed by atoms with E-state index in [4.69, 9.17) is 5.26 Å². The van der Waals surface area contributed by atoms with Crippen molar-refractivity contribution in [2.75, 3.05) is 0 Å². The third kappa shape index (κ3) is 2.16. The molecule has 0 aromatic heterocycles. The molecule has 2 aliphatic carbocycles. The zero-order valence-corrected chi connectivity index (χ0v) is 13.4. The second kappa shape index (κ2) is 5.24. The molecule has 0 saturated carbocycles. The van der Waals surface area contributed by atoms with Crippen LogP contribution in [0, 0.1) is 35.4 Å². The Hall–Kier alpha value is -2.54. The Bertz CT molecular complexity index is 924. The lowest BCUT2D eigenvalue weighted by Crippen LogP contribution is -2.35. The van der Waals surface area contributed by atoms with Gasteiger partial charge in [-0.3, -0.25) is 0 Å². The monoisotopic (exact) mass is 322 g/mol. The molecule has 2 aromatic carbocycles. The van der Waals surface area contributed by atoms with Crippen LogP contribution in [0.15, 0.2) is 35.3 Å². The Morgan fingerprint density at radius 1 is 1.04 bits per heavy atom. The third-order valence-corrected chi connectivity index (χ3v) is 5.36. The van der Waals surface area contributed by atoms with E-state index in [-0.39, 0.29) is 5.41 Å². The molecule has 0 amide bonds. The topological polar surface area (TPSA) is 36.1 Å². The first-order chi connectivity index (χ1) is 11.5. The quantitative estimate of drug-likeness (QED) is 0.667. The van der Waals surface area contributed by atoms with Crippen LogP contribution in [0.3, 0.4) is 0 Å². The molecule has 1 atom stereocenters. The van der Waals surface area contributed by atoms with E-state index >= 15 is 0 Å². The van der Waals surface area contributed by atoms with Crippen molar-refractivity contribution in [3.63, 3.8) is 0 Å². The smallest absolute Gasteiger partial charge is 0.204 e. The maximum Gasteiger partial charge on any atom is 0.205 e. The van der Waals surface area contributed by atoms with E-state index in [1.807, 2.05) is 13.1 Å². The van der Waals surface area contributed by atoms with Gasteiger partial charge in [-0.15, -0.1) is 0 Å². The number of nitriles is 1. The SMILES string of the molecule is Cc1ccc2c(c1)C(=NC#N)C1(CCc3cc(F)c(F)cc3C1)C2. The molecule has 4 heteroatoms. The third-order valence-electron chi connectivity index (χ3n) is 5.36. The minimum atomic E-state index is -0.809. The Morgan fingerprint density at radius 2 is 1.75 bits per heavy atom. The molecule has 1 unspecified atom stereocenters. The number of nitrogens with zero attached hydrogens (tertiary/aromatic N) is 2. The van der Waals surface area contributed by atoms with Crippen molar-refractivity contribution in [2.45, 2.75) is 32.6 Å². The molecule has 4 rings (SSSR count). The van der Waals surface area contributed by atoms with Gasteiger partial charge in [0.05, 0.1) is 5.71 Å². The van der Waals surface area contributed by atoms with Crippen molar-refractivity contribution < 1.29 is 8.78 Å². The minimum Gasteiger partial charge on any atom is -0.204 e. The zero-order chi connectivity index (χ0) is 16.9. The summed E-state index contributed by atoms with van der Waals surface area (Å²) in [5.74, 6) is -1.60. The highest BCUT2D eigenvalue weighted by Gasteiger charge is 2.45. The molecule has 0 N–H and O–H groups in total. The molecule has 0 heterocycles. The van der Waals surface area contributed by atoms with Crippen LogP contribution in [-0.4, -0.2) is 5.71 Å². The van der Waals surface area contributed by atoms with Gasteiger partial charge in [0.15, 0.2) is 11.6 Å². The Labute approximate surface area is 139 Å². The fraction of sp³-hybridized carbons (Fsp3) is 0.300. The van der Waals surface area contributed by atoms with Crippen LogP contribution in [-0.2, 0) is 19.3 Å². The Morgan fingerprint density at radius 3 is 2.50 bits per heavy atom. The van der Waals surface area contributed by atoms with Crippen molar-refractivity contribution in [2.24, 2.45) is 10.4 Å². The summed E-state index contributed by atoms with van der Waals surface area (Å²) >= 11 is 0. The van der Waals surface area contributed by atoms with Crippen LogP contribution in [0.5, 0.6) is 0 Å². The zero-order valence-electron chi connectivity index (χ0n) is 13.4. The first-order valence-corrected chi connectivity index (χ1v) is 8.06. The van der Waals surface area contributed by atoms with Crippen molar-refractivity contribution in [1.29, 1.82) is 5.26 Å². The average molecular weight is 322 g/mol. The second-order valence-electron chi connectivity index (χ2n) is 6.89. The number of aliphatic imine (C=N–C) groups is 1. The van der Waals surface area contributed by atoms with Gasteiger partial charge in [-0.2, -0.15) is 10.3 Å². The summed E-state index contributed by atoms with van der Waals surface area (Å²) in [6.07, 6.45) is 4.79. The maximum atomic E-state index is 13.7. The van der Waals surface area contributed by atoms with E-state index in [2.05, 4.69) is 23.2 Å². The standard InChI is InChI=1S/C20H16F2N2/c1-12-2-3-14-9-20(19(24-11-23)16(14)6-12)5-4-13-7-17(21)18(22)8-15(13)10-20/h2-3,6-8H,4-5,9-10H2,1H3. The van der Waals surface area contributed by atoms with E-state index in [0.29, 0.717) is 12.8 Å². The Balaban J connectivity index is 1.83. The number of benzene rings is 2. The number of rotatable bonds is 0. The van der Waals surface area contributed by atoms with Gasteiger partial charge in [0.25, 0.3) is 0 Å². The summed E-state index contributed by atoms with van der Waals surface area (Å²) in [4.78, 5) is 4.15. The highest BCUT2D eigenvalue weighted by atomic mass is 19.2. The van der Waals surface area contributed by atoms with Gasteiger partial charge in [-0.1, -0.05) is 17.7 Å². The fourth-order valence-electron chi connectivity index (χ4n) is 4.23. The molecule has 0 bridgehead atoms. The molecular weight excluding hydrogens is 306 g/mol. The number of fused-ring (bicyclic) bond motifs is 2. The molecule has 0 aliphatic heterocycles. The number of halogens is 2. The summed E-state index contributed by atoms with van der Waals surface area (Å²) in [5, 5.41) is 9.16. The molecule has 0 fully saturated rings. The van der Waals surface area contributed by atoms with Crippen molar-refractivity contribution in [1.82, 2.24) is 0 Å². The van der Waals surface area contributed by atoms with Gasteiger partial charge >= 0.3 is 0 Å². The second-order valence-corrected chi connectivity index (χ2v) is 6.89. The van der Waals surface area contributed by atoms with Gasteiger partial charge in [0.1, 0.15) is 0 Å². The highest BCUT2D eigenvalue weighted by molar-refractivity contribution is 6.09. The van der Waals surface area contributed by atoms with E-state index in [1.54, 1.807) is 0 Å². The highest BCUT2D eigenvalue weighted by Crippen LogP contribution is 2.47. The lowest BCUT2D eigenvalue weighted by Gasteiger charge is -2.35. The van der Waals surface area contributed by atoms with Crippen molar-refractivity contribution in [3.05, 3.63) is 69.8 Å². The largest absolute Gasteiger partial charge is 0.205 e. The maximum absolute atomic E-state index is 13.7. The van der Waals surface area contributed by atoms with Gasteiger partial charge < -0.3 is 0 Å². The van der Waals surface area contributed by atoms with Crippen molar-refractivity contribution >= 4 is 5.71 Å². The molecule has 1 spiro atoms. The molecule has 2 aromatic rings. The first kappa shape index (κ1) is 15.0. The van der Waals surface area contributed by atoms with Crippen LogP contribution in [0.4, 0.5) is 8.78 Å². The van der Waals surface area contributed by atoms with Crippen LogP contribution in [0.2, 0.25) is 0 Å². The van der Waals surface area contributed by atoms with E-state index < -0.39 is 11.6 Å². The summed E-state index contributed by atoms with van der Waals surface area (Å²) in [5.41, 5.74) is 5.55. The minimum absolute atomic E-state index is 0.289. The van der Waals surface area contributed by atoms with Gasteiger partial charge in [-0.25, -0.2) is 8.78 Å². The molecule has 24 heavy (non-hydrogen) atoms. The molecule has 120 valence electrons.